The van der Waals surface area contributed by atoms with Gasteiger partial charge in [0.1, 0.15) is 6.04 Å². The largest absolute Gasteiger partial charge is 0.464 e. The molecule has 1 saturated heterocycles. The topological polar surface area (TPSA) is 41.6 Å². The van der Waals surface area contributed by atoms with Crippen LogP contribution in [-0.2, 0) is 9.53 Å². The molecule has 0 amide bonds. The number of carbonyl (C=O) groups excluding carboxylic acids is 1. The van der Waals surface area contributed by atoms with E-state index in [4.69, 9.17) is 4.74 Å². The molecular formula is C19H30N2O2. The predicted octanol–water partition coefficient (Wildman–Crippen LogP) is 3.00. The average Bonchev–Trinajstić information content (AvgIpc) is 3.05. The molecule has 1 atom stereocenters. The average molecular weight is 318 g/mol. The molecule has 1 aliphatic rings. The molecule has 0 radical (unpaired) electrons. The fourth-order valence-electron chi connectivity index (χ4n) is 2.83. The smallest absolute Gasteiger partial charge is 0.327 e. The highest BCUT2D eigenvalue weighted by molar-refractivity contribution is 5.77. The van der Waals surface area contributed by atoms with Crippen LogP contribution < -0.4 is 5.32 Å². The van der Waals surface area contributed by atoms with E-state index in [1.165, 1.54) is 25.9 Å². The molecule has 2 rings (SSSR count). The van der Waals surface area contributed by atoms with E-state index in [0.29, 0.717) is 12.5 Å². The van der Waals surface area contributed by atoms with Crippen LogP contribution >= 0.6 is 0 Å². The van der Waals surface area contributed by atoms with Crippen molar-refractivity contribution in [1.82, 2.24) is 10.2 Å². The van der Waals surface area contributed by atoms with E-state index < -0.39 is 0 Å². The van der Waals surface area contributed by atoms with Crippen molar-refractivity contribution in [3.8, 4) is 0 Å². The SMILES string of the molecule is CC(C)CCOC(=O)[C@@H](NCCN1CCCC1)c1ccccc1. The van der Waals surface area contributed by atoms with E-state index in [9.17, 15) is 4.79 Å². The van der Waals surface area contributed by atoms with Crippen LogP contribution in [0, 0.1) is 5.92 Å². The van der Waals surface area contributed by atoms with E-state index >= 15 is 0 Å². The second kappa shape index (κ2) is 9.68. The van der Waals surface area contributed by atoms with Gasteiger partial charge < -0.3 is 9.64 Å². The maximum Gasteiger partial charge on any atom is 0.327 e. The predicted molar refractivity (Wildman–Crippen MR) is 93.3 cm³/mol. The number of ether oxygens (including phenoxy) is 1. The van der Waals surface area contributed by atoms with Crippen molar-refractivity contribution >= 4 is 5.97 Å². The molecule has 1 aromatic rings. The number of benzene rings is 1. The van der Waals surface area contributed by atoms with Crippen LogP contribution in [0.25, 0.3) is 0 Å². The van der Waals surface area contributed by atoms with Crippen LogP contribution in [0.4, 0.5) is 0 Å². The molecule has 23 heavy (non-hydrogen) atoms. The Morgan fingerprint density at radius 3 is 2.57 bits per heavy atom. The number of nitrogens with one attached hydrogen (secondary N) is 1. The zero-order chi connectivity index (χ0) is 16.5. The summed E-state index contributed by atoms with van der Waals surface area (Å²) in [6, 6.07) is 9.49. The molecular weight excluding hydrogens is 288 g/mol. The lowest BCUT2D eigenvalue weighted by Gasteiger charge is -2.21. The highest BCUT2D eigenvalue weighted by atomic mass is 16.5. The molecule has 4 heteroatoms. The van der Waals surface area contributed by atoms with E-state index in [-0.39, 0.29) is 12.0 Å². The maximum absolute atomic E-state index is 12.5. The first-order chi connectivity index (χ1) is 11.2. The second-order valence-corrected chi connectivity index (χ2v) is 6.70. The lowest BCUT2D eigenvalue weighted by molar-refractivity contribution is -0.146. The number of carbonyl (C=O) groups is 1. The minimum Gasteiger partial charge on any atom is -0.464 e. The summed E-state index contributed by atoms with van der Waals surface area (Å²) in [5, 5.41) is 3.38. The Balaban J connectivity index is 1.87. The quantitative estimate of drug-likeness (QED) is 0.711. The summed E-state index contributed by atoms with van der Waals surface area (Å²) in [7, 11) is 0. The van der Waals surface area contributed by atoms with Gasteiger partial charge in [-0.25, -0.2) is 4.79 Å². The van der Waals surface area contributed by atoms with Gasteiger partial charge in [-0.3, -0.25) is 5.32 Å². The molecule has 0 unspecified atom stereocenters. The molecule has 1 fully saturated rings. The zero-order valence-corrected chi connectivity index (χ0v) is 14.5. The highest BCUT2D eigenvalue weighted by Gasteiger charge is 2.22. The number of likely N-dealkylation sites (tertiary alicyclic amines) is 1. The molecule has 0 aliphatic carbocycles. The Hall–Kier alpha value is -1.39. The molecule has 0 saturated carbocycles. The van der Waals surface area contributed by atoms with Crippen LogP contribution in [0.5, 0.6) is 0 Å². The number of hydrogen-bond acceptors (Lipinski definition) is 4. The summed E-state index contributed by atoms with van der Waals surface area (Å²) in [4.78, 5) is 14.9. The molecule has 0 bridgehead atoms. The number of nitrogens with zero attached hydrogens (tertiary/aromatic N) is 1. The molecule has 1 aromatic carbocycles. The summed E-state index contributed by atoms with van der Waals surface area (Å²) in [6.45, 7) is 8.91. The van der Waals surface area contributed by atoms with Gasteiger partial charge in [0, 0.05) is 13.1 Å². The molecule has 0 aromatic heterocycles. The number of hydrogen-bond donors (Lipinski definition) is 1. The van der Waals surface area contributed by atoms with E-state index in [0.717, 1.165) is 25.1 Å². The minimum absolute atomic E-state index is 0.168. The Labute approximate surface area is 140 Å². The van der Waals surface area contributed by atoms with Gasteiger partial charge in [0.2, 0.25) is 0 Å². The third-order valence-corrected chi connectivity index (χ3v) is 4.28. The van der Waals surface area contributed by atoms with Crippen LogP contribution in [0.3, 0.4) is 0 Å². The van der Waals surface area contributed by atoms with Crippen molar-refractivity contribution in [3.05, 3.63) is 35.9 Å². The summed E-state index contributed by atoms with van der Waals surface area (Å²) in [6.07, 6.45) is 3.49. The standard InChI is InChI=1S/C19H30N2O2/c1-16(2)10-15-23-19(22)18(17-8-4-3-5-9-17)20-11-14-21-12-6-7-13-21/h3-5,8-9,16,18,20H,6-7,10-15H2,1-2H3/t18-/m0/s1. The van der Waals surface area contributed by atoms with Gasteiger partial charge in [-0.05, 0) is 43.8 Å². The van der Waals surface area contributed by atoms with Crippen molar-refractivity contribution in [2.45, 2.75) is 39.2 Å². The molecule has 1 aliphatic heterocycles. The Morgan fingerprint density at radius 1 is 1.22 bits per heavy atom. The Morgan fingerprint density at radius 2 is 1.91 bits per heavy atom. The fourth-order valence-corrected chi connectivity index (χ4v) is 2.83. The van der Waals surface area contributed by atoms with Crippen molar-refractivity contribution in [2.24, 2.45) is 5.92 Å². The molecule has 1 heterocycles. The Bertz CT molecular complexity index is 456. The van der Waals surface area contributed by atoms with Crippen molar-refractivity contribution < 1.29 is 9.53 Å². The number of rotatable bonds is 9. The summed E-state index contributed by atoms with van der Waals surface area (Å²) < 4.78 is 5.48. The van der Waals surface area contributed by atoms with Gasteiger partial charge >= 0.3 is 5.97 Å². The van der Waals surface area contributed by atoms with E-state index in [2.05, 4.69) is 24.1 Å². The fraction of sp³-hybridized carbons (Fsp3) is 0.632. The summed E-state index contributed by atoms with van der Waals surface area (Å²) >= 11 is 0. The summed E-state index contributed by atoms with van der Waals surface area (Å²) in [5.41, 5.74) is 0.975. The van der Waals surface area contributed by atoms with Gasteiger partial charge in [0.05, 0.1) is 6.61 Å². The van der Waals surface area contributed by atoms with Crippen molar-refractivity contribution in [3.63, 3.8) is 0 Å². The lowest BCUT2D eigenvalue weighted by atomic mass is 10.1. The molecule has 128 valence electrons. The Kier molecular flexibility index (Phi) is 7.56. The first-order valence-corrected chi connectivity index (χ1v) is 8.84. The van der Waals surface area contributed by atoms with Gasteiger partial charge in [-0.2, -0.15) is 0 Å². The third kappa shape index (κ3) is 6.32. The summed E-state index contributed by atoms with van der Waals surface area (Å²) in [5.74, 6) is 0.374. The van der Waals surface area contributed by atoms with Gasteiger partial charge in [0.25, 0.3) is 0 Å². The van der Waals surface area contributed by atoms with Crippen LogP contribution in [0.15, 0.2) is 30.3 Å². The normalized spacial score (nSPS) is 16.7. The highest BCUT2D eigenvalue weighted by Crippen LogP contribution is 2.15. The maximum atomic E-state index is 12.5. The number of esters is 1. The first kappa shape index (κ1) is 18.0. The monoisotopic (exact) mass is 318 g/mol. The third-order valence-electron chi connectivity index (χ3n) is 4.28. The van der Waals surface area contributed by atoms with Crippen molar-refractivity contribution in [1.29, 1.82) is 0 Å². The minimum atomic E-state index is -0.369. The van der Waals surface area contributed by atoms with E-state index in [1.54, 1.807) is 0 Å². The van der Waals surface area contributed by atoms with Crippen LogP contribution in [-0.4, -0.2) is 43.7 Å². The van der Waals surface area contributed by atoms with Crippen molar-refractivity contribution in [2.75, 3.05) is 32.8 Å². The van der Waals surface area contributed by atoms with Crippen LogP contribution in [0.1, 0.15) is 44.7 Å². The molecule has 0 spiro atoms. The van der Waals surface area contributed by atoms with Crippen LogP contribution in [0.2, 0.25) is 0 Å². The molecule has 4 nitrogen and oxygen atoms in total. The second-order valence-electron chi connectivity index (χ2n) is 6.70. The van der Waals surface area contributed by atoms with Gasteiger partial charge in [0.15, 0.2) is 0 Å². The lowest BCUT2D eigenvalue weighted by Crippen LogP contribution is -2.36. The molecule has 1 N–H and O–H groups in total. The van der Waals surface area contributed by atoms with Gasteiger partial charge in [-0.15, -0.1) is 0 Å². The first-order valence-electron chi connectivity index (χ1n) is 8.84. The zero-order valence-electron chi connectivity index (χ0n) is 14.5. The van der Waals surface area contributed by atoms with E-state index in [1.807, 2.05) is 30.3 Å². The van der Waals surface area contributed by atoms with Gasteiger partial charge in [-0.1, -0.05) is 44.2 Å².